The summed E-state index contributed by atoms with van der Waals surface area (Å²) in [6.45, 7) is 1.62. The Morgan fingerprint density at radius 2 is 2.29 bits per heavy atom. The lowest BCUT2D eigenvalue weighted by atomic mass is 10.1. The fraction of sp³-hybridized carbons (Fsp3) is 0.222. The van der Waals surface area contributed by atoms with Crippen molar-refractivity contribution in [1.29, 1.82) is 5.26 Å². The van der Waals surface area contributed by atoms with Gasteiger partial charge < -0.3 is 0 Å². The van der Waals surface area contributed by atoms with Crippen molar-refractivity contribution in [3.05, 3.63) is 38.4 Å². The van der Waals surface area contributed by atoms with E-state index in [-0.39, 0.29) is 17.1 Å². The molecule has 0 aliphatic carbocycles. The van der Waals surface area contributed by atoms with Crippen LogP contribution in [0, 0.1) is 28.4 Å². The van der Waals surface area contributed by atoms with Crippen LogP contribution in [0.4, 0.5) is 5.69 Å². The molecule has 0 fully saturated rings. The Balaban J connectivity index is 3.43. The van der Waals surface area contributed by atoms with E-state index in [2.05, 4.69) is 0 Å². The number of nitro groups is 1. The zero-order chi connectivity index (χ0) is 10.7. The number of benzene rings is 1. The predicted octanol–water partition coefficient (Wildman–Crippen LogP) is 2.62. The average molecular weight is 211 g/mol. The van der Waals surface area contributed by atoms with Gasteiger partial charge in [-0.25, -0.2) is 0 Å². The topological polar surface area (TPSA) is 66.9 Å². The second-order valence-corrected chi connectivity index (χ2v) is 3.19. The van der Waals surface area contributed by atoms with E-state index in [9.17, 15) is 10.1 Å². The summed E-state index contributed by atoms with van der Waals surface area (Å²) in [5, 5.41) is 19.5. The molecule has 1 rings (SSSR count). The molecule has 0 atom stereocenters. The highest BCUT2D eigenvalue weighted by Crippen LogP contribution is 2.29. The summed E-state index contributed by atoms with van der Waals surface area (Å²) in [5.74, 6) is 0. The molecule has 1 aromatic carbocycles. The zero-order valence-electron chi connectivity index (χ0n) is 7.45. The molecule has 0 N–H and O–H groups in total. The number of aryl methyl sites for hydroxylation is 1. The van der Waals surface area contributed by atoms with Crippen LogP contribution < -0.4 is 0 Å². The van der Waals surface area contributed by atoms with Crippen LogP contribution in [0.15, 0.2) is 12.1 Å². The molecule has 0 saturated carbocycles. The van der Waals surface area contributed by atoms with Crippen molar-refractivity contribution in [3.63, 3.8) is 0 Å². The first-order valence-electron chi connectivity index (χ1n) is 3.87. The average Bonchev–Trinajstić information content (AvgIpc) is 2.11. The maximum Gasteiger partial charge on any atom is 0.277 e. The highest BCUT2D eigenvalue weighted by Gasteiger charge is 2.19. The van der Waals surface area contributed by atoms with Crippen molar-refractivity contribution < 1.29 is 4.92 Å². The van der Waals surface area contributed by atoms with Gasteiger partial charge >= 0.3 is 0 Å². The SMILES string of the molecule is Cc1ccc(Cl)c(CC#N)c1[N+](=O)[O-]. The Labute approximate surface area is 85.9 Å². The van der Waals surface area contributed by atoms with Crippen LogP contribution >= 0.6 is 11.6 Å². The summed E-state index contributed by atoms with van der Waals surface area (Å²) in [5.41, 5.74) is 0.753. The van der Waals surface area contributed by atoms with Crippen molar-refractivity contribution in [2.45, 2.75) is 13.3 Å². The molecule has 0 amide bonds. The van der Waals surface area contributed by atoms with E-state index >= 15 is 0 Å². The molecule has 1 aromatic rings. The fourth-order valence-corrected chi connectivity index (χ4v) is 1.45. The second kappa shape index (κ2) is 4.07. The molecule has 0 saturated heterocycles. The van der Waals surface area contributed by atoms with Gasteiger partial charge in [-0.2, -0.15) is 5.26 Å². The van der Waals surface area contributed by atoms with Gasteiger partial charge in [0.2, 0.25) is 0 Å². The van der Waals surface area contributed by atoms with Crippen LogP contribution in [0.3, 0.4) is 0 Å². The third kappa shape index (κ3) is 1.83. The van der Waals surface area contributed by atoms with Gasteiger partial charge in [-0.15, -0.1) is 0 Å². The number of hydrogen-bond acceptors (Lipinski definition) is 3. The van der Waals surface area contributed by atoms with E-state index in [1.807, 2.05) is 6.07 Å². The lowest BCUT2D eigenvalue weighted by Crippen LogP contribution is -1.98. The molecule has 0 bridgehead atoms. The molecule has 0 heterocycles. The maximum atomic E-state index is 10.7. The molecule has 0 aliphatic heterocycles. The van der Waals surface area contributed by atoms with Crippen molar-refractivity contribution in [2.24, 2.45) is 0 Å². The molecule has 0 aromatic heterocycles. The Kier molecular flexibility index (Phi) is 3.05. The minimum atomic E-state index is -0.506. The Morgan fingerprint density at radius 1 is 1.64 bits per heavy atom. The van der Waals surface area contributed by atoms with Gasteiger partial charge in [-0.1, -0.05) is 17.7 Å². The molecule has 0 unspecified atom stereocenters. The standard InChI is InChI=1S/C9H7ClN2O2/c1-6-2-3-8(10)7(4-5-11)9(6)12(13)14/h2-3H,4H2,1H3. The Hall–Kier alpha value is -1.60. The van der Waals surface area contributed by atoms with E-state index in [1.165, 1.54) is 0 Å². The van der Waals surface area contributed by atoms with Crippen molar-refractivity contribution in [2.75, 3.05) is 0 Å². The van der Waals surface area contributed by atoms with Crippen LogP contribution in [0.1, 0.15) is 11.1 Å². The minimum Gasteiger partial charge on any atom is -0.258 e. The van der Waals surface area contributed by atoms with Gasteiger partial charge in [0, 0.05) is 5.56 Å². The minimum absolute atomic E-state index is 0.0448. The van der Waals surface area contributed by atoms with Crippen LogP contribution in [0.2, 0.25) is 5.02 Å². The van der Waals surface area contributed by atoms with E-state index in [1.54, 1.807) is 19.1 Å². The lowest BCUT2D eigenvalue weighted by molar-refractivity contribution is -0.386. The highest BCUT2D eigenvalue weighted by molar-refractivity contribution is 6.31. The molecule has 0 radical (unpaired) electrons. The molecule has 0 spiro atoms. The first kappa shape index (κ1) is 10.5. The number of hydrogen-bond donors (Lipinski definition) is 0. The van der Waals surface area contributed by atoms with Gasteiger partial charge in [0.15, 0.2) is 0 Å². The normalized spacial score (nSPS) is 9.50. The van der Waals surface area contributed by atoms with E-state index in [0.717, 1.165) is 0 Å². The van der Waals surface area contributed by atoms with Crippen LogP contribution in [-0.4, -0.2) is 4.92 Å². The summed E-state index contributed by atoms with van der Waals surface area (Å²) in [7, 11) is 0. The molecule has 72 valence electrons. The molecule has 14 heavy (non-hydrogen) atoms. The summed E-state index contributed by atoms with van der Waals surface area (Å²) in [6, 6.07) is 5.00. The number of nitro benzene ring substituents is 1. The first-order valence-corrected chi connectivity index (χ1v) is 4.25. The lowest BCUT2D eigenvalue weighted by Gasteiger charge is -2.03. The summed E-state index contributed by atoms with van der Waals surface area (Å²) >= 11 is 5.77. The first-order chi connectivity index (χ1) is 6.57. The number of rotatable bonds is 2. The number of halogens is 1. The number of nitrogens with zero attached hydrogens (tertiary/aromatic N) is 2. The van der Waals surface area contributed by atoms with Gasteiger partial charge in [0.25, 0.3) is 5.69 Å². The molecular weight excluding hydrogens is 204 g/mol. The van der Waals surface area contributed by atoms with Gasteiger partial charge in [0.05, 0.1) is 28.0 Å². The maximum absolute atomic E-state index is 10.7. The van der Waals surface area contributed by atoms with Crippen LogP contribution in [0.5, 0.6) is 0 Å². The Bertz CT molecular complexity index is 424. The van der Waals surface area contributed by atoms with Gasteiger partial charge in [-0.3, -0.25) is 10.1 Å². The van der Waals surface area contributed by atoms with Crippen molar-refractivity contribution in [3.8, 4) is 6.07 Å². The van der Waals surface area contributed by atoms with E-state index < -0.39 is 4.92 Å². The third-order valence-corrected chi connectivity index (χ3v) is 2.22. The summed E-state index contributed by atoms with van der Waals surface area (Å²) < 4.78 is 0. The molecule has 4 nitrogen and oxygen atoms in total. The summed E-state index contributed by atoms with van der Waals surface area (Å²) in [6.07, 6.45) is -0.0448. The predicted molar refractivity (Wildman–Crippen MR) is 52.2 cm³/mol. The number of nitriles is 1. The fourth-order valence-electron chi connectivity index (χ4n) is 1.23. The van der Waals surface area contributed by atoms with Crippen LogP contribution in [-0.2, 0) is 6.42 Å². The largest absolute Gasteiger partial charge is 0.277 e. The second-order valence-electron chi connectivity index (χ2n) is 2.78. The molecular formula is C9H7ClN2O2. The van der Waals surface area contributed by atoms with Gasteiger partial charge in [0.1, 0.15) is 0 Å². The van der Waals surface area contributed by atoms with Gasteiger partial charge in [-0.05, 0) is 13.0 Å². The van der Waals surface area contributed by atoms with E-state index in [4.69, 9.17) is 16.9 Å². The quantitative estimate of drug-likeness (QED) is 0.557. The molecule has 0 aliphatic rings. The smallest absolute Gasteiger partial charge is 0.258 e. The summed E-state index contributed by atoms with van der Waals surface area (Å²) in [4.78, 5) is 10.2. The molecule has 5 heteroatoms. The van der Waals surface area contributed by atoms with Crippen molar-refractivity contribution in [1.82, 2.24) is 0 Å². The van der Waals surface area contributed by atoms with Crippen molar-refractivity contribution >= 4 is 17.3 Å². The van der Waals surface area contributed by atoms with Crippen LogP contribution in [0.25, 0.3) is 0 Å². The zero-order valence-corrected chi connectivity index (χ0v) is 8.21. The third-order valence-electron chi connectivity index (χ3n) is 1.87. The highest BCUT2D eigenvalue weighted by atomic mass is 35.5. The Morgan fingerprint density at radius 3 is 2.79 bits per heavy atom. The van der Waals surface area contributed by atoms with E-state index in [0.29, 0.717) is 11.1 Å². The monoisotopic (exact) mass is 210 g/mol.